The molecular formula is C23H24N2O5. The number of hydrogen-bond donors (Lipinski definition) is 2. The molecule has 2 aromatic carbocycles. The van der Waals surface area contributed by atoms with E-state index in [4.69, 9.17) is 9.47 Å². The van der Waals surface area contributed by atoms with Crippen LogP contribution in [-0.2, 0) is 23.9 Å². The number of ether oxygens (including phenoxy) is 2. The van der Waals surface area contributed by atoms with E-state index >= 15 is 0 Å². The highest BCUT2D eigenvalue weighted by Gasteiger charge is 2.57. The smallest absolute Gasteiger partial charge is 0.344 e. The molecule has 1 aromatic heterocycles. The molecule has 1 atom stereocenters. The van der Waals surface area contributed by atoms with Gasteiger partial charge in [-0.25, -0.2) is 9.59 Å². The Kier molecular flexibility index (Phi) is 6.51. The molecule has 0 aliphatic rings. The predicted octanol–water partition coefficient (Wildman–Crippen LogP) is 2.91. The summed E-state index contributed by atoms with van der Waals surface area (Å²) in [6.45, 7) is 3.35. The Morgan fingerprint density at radius 3 is 2.20 bits per heavy atom. The van der Waals surface area contributed by atoms with E-state index in [0.29, 0.717) is 17.5 Å². The van der Waals surface area contributed by atoms with Crippen LogP contribution in [0.15, 0.2) is 60.8 Å². The maximum absolute atomic E-state index is 13.3. The summed E-state index contributed by atoms with van der Waals surface area (Å²) < 4.78 is 10.5. The minimum atomic E-state index is -2.10. The van der Waals surface area contributed by atoms with Crippen molar-refractivity contribution < 1.29 is 23.9 Å². The lowest BCUT2D eigenvalue weighted by molar-refractivity contribution is -0.168. The molecule has 0 radical (unpaired) electrons. The summed E-state index contributed by atoms with van der Waals surface area (Å²) in [5.74, 6) is -2.65. The van der Waals surface area contributed by atoms with Gasteiger partial charge in [0, 0.05) is 17.1 Å². The van der Waals surface area contributed by atoms with Gasteiger partial charge in [-0.15, -0.1) is 0 Å². The minimum absolute atomic E-state index is 0.0376. The average molecular weight is 408 g/mol. The maximum Gasteiger partial charge on any atom is 0.344 e. The molecule has 30 heavy (non-hydrogen) atoms. The number of hydrogen-bond acceptors (Lipinski definition) is 5. The van der Waals surface area contributed by atoms with E-state index in [1.165, 1.54) is 0 Å². The van der Waals surface area contributed by atoms with E-state index in [1.54, 1.807) is 44.3 Å². The number of carbonyl (C=O) groups is 3. The fourth-order valence-electron chi connectivity index (χ4n) is 3.74. The van der Waals surface area contributed by atoms with E-state index in [-0.39, 0.29) is 13.2 Å². The first-order chi connectivity index (χ1) is 14.6. The van der Waals surface area contributed by atoms with Crippen LogP contribution >= 0.6 is 0 Å². The van der Waals surface area contributed by atoms with Gasteiger partial charge in [0.2, 0.25) is 11.9 Å². The molecule has 0 saturated carbocycles. The van der Waals surface area contributed by atoms with Gasteiger partial charge >= 0.3 is 11.9 Å². The van der Waals surface area contributed by atoms with E-state index < -0.39 is 23.4 Å². The number of amides is 1. The third kappa shape index (κ3) is 3.66. The molecule has 3 rings (SSSR count). The Hall–Kier alpha value is -3.61. The molecule has 0 aliphatic carbocycles. The molecule has 0 spiro atoms. The molecule has 7 heteroatoms. The third-order valence-electron chi connectivity index (χ3n) is 4.98. The van der Waals surface area contributed by atoms with Crippen molar-refractivity contribution in [3.63, 3.8) is 0 Å². The van der Waals surface area contributed by atoms with Crippen molar-refractivity contribution in [2.75, 3.05) is 13.2 Å². The van der Waals surface area contributed by atoms with Crippen LogP contribution in [0.1, 0.15) is 30.9 Å². The van der Waals surface area contributed by atoms with Crippen LogP contribution in [-0.4, -0.2) is 42.1 Å². The van der Waals surface area contributed by atoms with Crippen LogP contribution in [0.4, 0.5) is 0 Å². The van der Waals surface area contributed by atoms with Crippen molar-refractivity contribution in [3.05, 3.63) is 71.9 Å². The fourth-order valence-corrected chi connectivity index (χ4v) is 3.74. The summed E-state index contributed by atoms with van der Waals surface area (Å²) in [4.78, 5) is 41.4. The molecule has 0 aliphatic heterocycles. The van der Waals surface area contributed by atoms with Crippen molar-refractivity contribution in [3.8, 4) is 0 Å². The lowest BCUT2D eigenvalue weighted by Gasteiger charge is -2.36. The number of H-pyrrole nitrogens is 1. The van der Waals surface area contributed by atoms with Gasteiger partial charge in [0.25, 0.3) is 0 Å². The van der Waals surface area contributed by atoms with Gasteiger partial charge in [-0.3, -0.25) is 4.79 Å². The average Bonchev–Trinajstić information content (AvgIpc) is 3.18. The van der Waals surface area contributed by atoms with E-state index in [2.05, 4.69) is 10.3 Å². The molecule has 156 valence electrons. The zero-order chi connectivity index (χ0) is 21.6. The first kappa shape index (κ1) is 21.1. The molecule has 2 N–H and O–H groups in total. The topological polar surface area (TPSA) is 97.5 Å². The summed E-state index contributed by atoms with van der Waals surface area (Å²) in [6, 6.07) is 16.6. The van der Waals surface area contributed by atoms with Crippen molar-refractivity contribution in [2.24, 2.45) is 0 Å². The Bertz CT molecular complexity index is 1010. The number of rotatable bonds is 9. The van der Waals surface area contributed by atoms with Crippen LogP contribution in [0.5, 0.6) is 0 Å². The first-order valence-electron chi connectivity index (χ1n) is 9.76. The number of nitrogens with one attached hydrogen (secondary N) is 2. The van der Waals surface area contributed by atoms with Gasteiger partial charge in [0.05, 0.1) is 19.1 Å². The molecular weight excluding hydrogens is 384 g/mol. The SMILES string of the molecule is CCOC(=O)C(NC=O)(C(=O)OCC)C(c1ccccc1)c1c[nH]c2ccccc12. The summed E-state index contributed by atoms with van der Waals surface area (Å²) >= 11 is 0. The van der Waals surface area contributed by atoms with Crippen LogP contribution in [0.3, 0.4) is 0 Å². The number of aromatic nitrogens is 1. The Morgan fingerprint density at radius 1 is 1.00 bits per heavy atom. The second-order valence-corrected chi connectivity index (χ2v) is 6.64. The lowest BCUT2D eigenvalue weighted by atomic mass is 9.74. The first-order valence-corrected chi connectivity index (χ1v) is 9.76. The molecule has 0 bridgehead atoms. The van der Waals surface area contributed by atoms with Gasteiger partial charge in [0.1, 0.15) is 0 Å². The zero-order valence-corrected chi connectivity index (χ0v) is 16.9. The van der Waals surface area contributed by atoms with Gasteiger partial charge in [0.15, 0.2) is 0 Å². The van der Waals surface area contributed by atoms with Crippen LogP contribution in [0.25, 0.3) is 10.9 Å². The summed E-state index contributed by atoms with van der Waals surface area (Å²) in [5.41, 5.74) is 0.0474. The molecule has 1 heterocycles. The van der Waals surface area contributed by atoms with Crippen molar-refractivity contribution in [2.45, 2.75) is 25.3 Å². The van der Waals surface area contributed by atoms with Crippen LogP contribution in [0, 0.1) is 0 Å². The van der Waals surface area contributed by atoms with E-state index in [0.717, 1.165) is 10.9 Å². The second kappa shape index (κ2) is 9.26. The summed E-state index contributed by atoms with van der Waals surface area (Å²) in [6.07, 6.45) is 2.07. The maximum atomic E-state index is 13.3. The minimum Gasteiger partial charge on any atom is -0.464 e. The number of benzene rings is 2. The highest BCUT2D eigenvalue weighted by molar-refractivity contribution is 6.09. The lowest BCUT2D eigenvalue weighted by Crippen LogP contribution is -2.63. The standard InChI is InChI=1S/C23H24N2O5/c1-3-29-21(27)23(25-15-26,22(28)30-4-2)20(16-10-6-5-7-11-16)18-14-24-19-13-9-8-12-17(18)19/h5-15,20,24H,3-4H2,1-2H3,(H,25,26). The Morgan fingerprint density at radius 2 is 1.60 bits per heavy atom. The number of carbonyl (C=O) groups excluding carboxylic acids is 3. The summed E-state index contributed by atoms with van der Waals surface area (Å²) in [7, 11) is 0. The van der Waals surface area contributed by atoms with E-state index in [1.807, 2.05) is 30.3 Å². The van der Waals surface area contributed by atoms with Crippen LogP contribution < -0.4 is 5.32 Å². The quantitative estimate of drug-likeness (QED) is 0.322. The molecule has 1 unspecified atom stereocenters. The number of fused-ring (bicyclic) bond motifs is 1. The van der Waals surface area contributed by atoms with E-state index in [9.17, 15) is 14.4 Å². The van der Waals surface area contributed by atoms with Gasteiger partial charge in [-0.05, 0) is 31.0 Å². The highest BCUT2D eigenvalue weighted by atomic mass is 16.6. The zero-order valence-electron chi connectivity index (χ0n) is 16.9. The third-order valence-corrected chi connectivity index (χ3v) is 4.98. The van der Waals surface area contributed by atoms with Crippen LogP contribution in [0.2, 0.25) is 0 Å². The molecule has 1 amide bonds. The summed E-state index contributed by atoms with van der Waals surface area (Å²) in [5, 5.41) is 3.29. The predicted molar refractivity (Wildman–Crippen MR) is 112 cm³/mol. The highest BCUT2D eigenvalue weighted by Crippen LogP contribution is 2.40. The van der Waals surface area contributed by atoms with Crippen molar-refractivity contribution >= 4 is 29.3 Å². The Labute approximate surface area is 174 Å². The second-order valence-electron chi connectivity index (χ2n) is 6.64. The molecule has 0 saturated heterocycles. The van der Waals surface area contributed by atoms with Crippen molar-refractivity contribution in [1.82, 2.24) is 10.3 Å². The number of esters is 2. The van der Waals surface area contributed by atoms with Gasteiger partial charge in [-0.2, -0.15) is 0 Å². The van der Waals surface area contributed by atoms with Gasteiger partial charge < -0.3 is 19.8 Å². The molecule has 0 fully saturated rings. The Balaban J connectivity index is 2.35. The fraction of sp³-hybridized carbons (Fsp3) is 0.261. The monoisotopic (exact) mass is 408 g/mol. The number of para-hydroxylation sites is 1. The van der Waals surface area contributed by atoms with Crippen molar-refractivity contribution in [1.29, 1.82) is 0 Å². The largest absolute Gasteiger partial charge is 0.464 e. The molecule has 7 nitrogen and oxygen atoms in total. The molecule has 3 aromatic rings. The van der Waals surface area contributed by atoms with Gasteiger partial charge in [-0.1, -0.05) is 48.5 Å². The normalized spacial score (nSPS) is 12.2. The number of aromatic amines is 1.